The molecule has 2 rings (SSSR count). The van der Waals surface area contributed by atoms with E-state index in [9.17, 15) is 8.78 Å². The Labute approximate surface area is 109 Å². The highest BCUT2D eigenvalue weighted by Crippen LogP contribution is 2.23. The van der Waals surface area contributed by atoms with Crippen molar-refractivity contribution in [3.05, 3.63) is 35.7 Å². The molecular weight excluding hydrogens is 254 g/mol. The lowest BCUT2D eigenvalue weighted by Crippen LogP contribution is -2.26. The van der Waals surface area contributed by atoms with E-state index in [0.29, 0.717) is 6.54 Å². The first-order valence-corrected chi connectivity index (χ1v) is 5.66. The Hall–Kier alpha value is -1.86. The molecular formula is C12H14F2N4O. The van der Waals surface area contributed by atoms with E-state index < -0.39 is 17.7 Å². The van der Waals surface area contributed by atoms with E-state index in [-0.39, 0.29) is 17.3 Å². The molecule has 1 heterocycles. The Morgan fingerprint density at radius 2 is 2.11 bits per heavy atom. The van der Waals surface area contributed by atoms with Gasteiger partial charge in [-0.25, -0.2) is 8.78 Å². The molecule has 0 aliphatic heterocycles. The van der Waals surface area contributed by atoms with Gasteiger partial charge in [0.05, 0.1) is 11.6 Å². The van der Waals surface area contributed by atoms with Crippen LogP contribution in [0.15, 0.2) is 22.7 Å². The normalized spacial score (nSPS) is 12.9. The first-order chi connectivity index (χ1) is 8.97. The molecule has 5 nitrogen and oxygen atoms in total. The van der Waals surface area contributed by atoms with Gasteiger partial charge in [-0.15, -0.1) is 0 Å². The van der Waals surface area contributed by atoms with Gasteiger partial charge in [0.25, 0.3) is 5.89 Å². The van der Waals surface area contributed by atoms with Gasteiger partial charge in [0, 0.05) is 6.54 Å². The van der Waals surface area contributed by atoms with Crippen molar-refractivity contribution in [3.8, 4) is 11.5 Å². The van der Waals surface area contributed by atoms with E-state index in [1.807, 2.05) is 19.0 Å². The van der Waals surface area contributed by atoms with Crippen molar-refractivity contribution in [2.45, 2.75) is 6.04 Å². The summed E-state index contributed by atoms with van der Waals surface area (Å²) in [6.45, 7) is 0.518. The van der Waals surface area contributed by atoms with E-state index in [0.717, 1.165) is 18.2 Å². The van der Waals surface area contributed by atoms with E-state index in [1.54, 1.807) is 0 Å². The monoisotopic (exact) mass is 268 g/mol. The molecule has 0 aliphatic rings. The molecule has 1 aromatic carbocycles. The van der Waals surface area contributed by atoms with Crippen LogP contribution in [0.25, 0.3) is 11.5 Å². The van der Waals surface area contributed by atoms with Gasteiger partial charge in [0.1, 0.15) is 11.6 Å². The van der Waals surface area contributed by atoms with E-state index in [4.69, 9.17) is 10.3 Å². The van der Waals surface area contributed by atoms with Gasteiger partial charge in [-0.3, -0.25) is 0 Å². The minimum Gasteiger partial charge on any atom is -0.334 e. The molecule has 2 aromatic rings. The second-order valence-electron chi connectivity index (χ2n) is 4.45. The number of rotatable bonds is 4. The van der Waals surface area contributed by atoms with Crippen LogP contribution in [-0.2, 0) is 0 Å². The third kappa shape index (κ3) is 3.12. The molecule has 1 unspecified atom stereocenters. The van der Waals surface area contributed by atoms with Crippen LogP contribution < -0.4 is 5.73 Å². The maximum Gasteiger partial charge on any atom is 0.261 e. The highest BCUT2D eigenvalue weighted by atomic mass is 19.1. The summed E-state index contributed by atoms with van der Waals surface area (Å²) in [4.78, 5) is 5.86. The van der Waals surface area contributed by atoms with Crippen LogP contribution in [0.3, 0.4) is 0 Å². The topological polar surface area (TPSA) is 68.2 Å². The van der Waals surface area contributed by atoms with Gasteiger partial charge in [0.15, 0.2) is 5.82 Å². The third-order valence-corrected chi connectivity index (χ3v) is 2.49. The van der Waals surface area contributed by atoms with Crippen LogP contribution in [0.4, 0.5) is 8.78 Å². The Morgan fingerprint density at radius 1 is 1.37 bits per heavy atom. The number of halogens is 2. The summed E-state index contributed by atoms with van der Waals surface area (Å²) in [5.41, 5.74) is 5.79. The van der Waals surface area contributed by atoms with Crippen molar-refractivity contribution < 1.29 is 13.3 Å². The number of nitrogens with two attached hydrogens (primary N) is 1. The first-order valence-electron chi connectivity index (χ1n) is 5.66. The molecule has 0 saturated heterocycles. The summed E-state index contributed by atoms with van der Waals surface area (Å²) in [5, 5.41) is 3.69. The summed E-state index contributed by atoms with van der Waals surface area (Å²) in [5.74, 6) is -1.03. The molecule has 1 aromatic heterocycles. The van der Waals surface area contributed by atoms with Gasteiger partial charge < -0.3 is 15.2 Å². The standard InChI is InChI=1S/C12H14F2N4O/c1-18(2)6-10(15)11-16-12(19-17-11)8-5-7(13)3-4-9(8)14/h3-5,10H,6,15H2,1-2H3. The molecule has 0 aliphatic carbocycles. The summed E-state index contributed by atoms with van der Waals surface area (Å²) in [6.07, 6.45) is 0. The van der Waals surface area contributed by atoms with Crippen LogP contribution >= 0.6 is 0 Å². The smallest absolute Gasteiger partial charge is 0.261 e. The van der Waals surface area contributed by atoms with Gasteiger partial charge in [0.2, 0.25) is 0 Å². The molecule has 0 bridgehead atoms. The average molecular weight is 268 g/mol. The summed E-state index contributed by atoms with van der Waals surface area (Å²) >= 11 is 0. The fourth-order valence-corrected chi connectivity index (χ4v) is 1.63. The number of nitrogens with zero attached hydrogens (tertiary/aromatic N) is 3. The third-order valence-electron chi connectivity index (χ3n) is 2.49. The minimum absolute atomic E-state index is 0.0733. The second kappa shape index (κ2) is 5.41. The van der Waals surface area contributed by atoms with Crippen molar-refractivity contribution in [1.82, 2.24) is 15.0 Å². The lowest BCUT2D eigenvalue weighted by Gasteiger charge is -2.12. The first kappa shape index (κ1) is 13.6. The lowest BCUT2D eigenvalue weighted by molar-refractivity contribution is 0.357. The zero-order valence-electron chi connectivity index (χ0n) is 10.6. The Kier molecular flexibility index (Phi) is 3.87. The predicted octanol–water partition coefficient (Wildman–Crippen LogP) is 1.58. The molecule has 0 spiro atoms. The van der Waals surface area contributed by atoms with E-state index >= 15 is 0 Å². The van der Waals surface area contributed by atoms with Crippen LogP contribution in [0, 0.1) is 11.6 Å². The number of hydrogen-bond donors (Lipinski definition) is 1. The lowest BCUT2D eigenvalue weighted by atomic mass is 10.2. The van der Waals surface area contributed by atoms with Gasteiger partial charge in [-0.05, 0) is 32.3 Å². The highest BCUT2D eigenvalue weighted by Gasteiger charge is 2.18. The maximum absolute atomic E-state index is 13.5. The molecule has 0 amide bonds. The SMILES string of the molecule is CN(C)CC(N)c1noc(-c2cc(F)ccc2F)n1. The molecule has 19 heavy (non-hydrogen) atoms. The number of aromatic nitrogens is 2. The number of benzene rings is 1. The zero-order valence-corrected chi connectivity index (χ0v) is 10.6. The van der Waals surface area contributed by atoms with Crippen molar-refractivity contribution in [3.63, 3.8) is 0 Å². The highest BCUT2D eigenvalue weighted by molar-refractivity contribution is 5.53. The molecule has 2 N–H and O–H groups in total. The number of likely N-dealkylation sites (N-methyl/N-ethyl adjacent to an activating group) is 1. The fourth-order valence-electron chi connectivity index (χ4n) is 1.63. The summed E-state index contributed by atoms with van der Waals surface area (Å²) in [7, 11) is 3.71. The van der Waals surface area contributed by atoms with Crippen LogP contribution in [0.5, 0.6) is 0 Å². The summed E-state index contributed by atoms with van der Waals surface area (Å²) in [6, 6.07) is 2.58. The Balaban J connectivity index is 2.28. The average Bonchev–Trinajstić information content (AvgIpc) is 2.80. The predicted molar refractivity (Wildman–Crippen MR) is 65.1 cm³/mol. The molecule has 7 heteroatoms. The molecule has 102 valence electrons. The maximum atomic E-state index is 13.5. The Bertz CT molecular complexity index is 571. The van der Waals surface area contributed by atoms with Crippen LogP contribution in [0.1, 0.15) is 11.9 Å². The van der Waals surface area contributed by atoms with Crippen molar-refractivity contribution >= 4 is 0 Å². The molecule has 0 fully saturated rings. The van der Waals surface area contributed by atoms with Gasteiger partial charge >= 0.3 is 0 Å². The molecule has 0 saturated carbocycles. The fraction of sp³-hybridized carbons (Fsp3) is 0.333. The zero-order chi connectivity index (χ0) is 14.0. The van der Waals surface area contributed by atoms with Crippen molar-refractivity contribution in [2.24, 2.45) is 5.73 Å². The van der Waals surface area contributed by atoms with Crippen molar-refractivity contribution in [2.75, 3.05) is 20.6 Å². The molecule has 0 radical (unpaired) electrons. The quantitative estimate of drug-likeness (QED) is 0.911. The van der Waals surface area contributed by atoms with E-state index in [2.05, 4.69) is 10.1 Å². The summed E-state index contributed by atoms with van der Waals surface area (Å²) < 4.78 is 31.5. The number of hydrogen-bond acceptors (Lipinski definition) is 5. The molecule has 1 atom stereocenters. The Morgan fingerprint density at radius 3 is 2.79 bits per heavy atom. The van der Waals surface area contributed by atoms with Crippen molar-refractivity contribution in [1.29, 1.82) is 0 Å². The minimum atomic E-state index is -0.627. The van der Waals surface area contributed by atoms with Crippen LogP contribution in [-0.4, -0.2) is 35.7 Å². The van der Waals surface area contributed by atoms with Gasteiger partial charge in [-0.1, -0.05) is 5.16 Å². The van der Waals surface area contributed by atoms with E-state index in [1.165, 1.54) is 0 Å². The van der Waals surface area contributed by atoms with Gasteiger partial charge in [-0.2, -0.15) is 4.98 Å². The largest absolute Gasteiger partial charge is 0.334 e. The van der Waals surface area contributed by atoms with Crippen LogP contribution in [0.2, 0.25) is 0 Å². The second-order valence-corrected chi connectivity index (χ2v) is 4.45.